The Balaban J connectivity index is 1.91. The fraction of sp³-hybridized carbons (Fsp3) is 0.733. The molecule has 21 heavy (non-hydrogen) atoms. The van der Waals surface area contributed by atoms with Crippen LogP contribution in [0.2, 0.25) is 0 Å². The van der Waals surface area contributed by atoms with Gasteiger partial charge in [-0.25, -0.2) is 4.98 Å². The zero-order valence-corrected chi connectivity index (χ0v) is 13.6. The van der Waals surface area contributed by atoms with Gasteiger partial charge in [0, 0.05) is 44.1 Å². The zero-order valence-electron chi connectivity index (χ0n) is 13.6. The van der Waals surface area contributed by atoms with Crippen LogP contribution in [0, 0.1) is 0 Å². The van der Waals surface area contributed by atoms with Gasteiger partial charge in [-0.2, -0.15) is 0 Å². The number of aromatic nitrogens is 2. The van der Waals surface area contributed by atoms with E-state index in [4.69, 9.17) is 0 Å². The van der Waals surface area contributed by atoms with Gasteiger partial charge in [-0.05, 0) is 27.8 Å². The molecular formula is C15H27N5O. The summed E-state index contributed by atoms with van der Waals surface area (Å²) < 4.78 is 1.94. The standard InChI is InChI=1S/C15H27N5O/c1-15(2,3)17-11-13-16-5-6-20(13)12-14(21)19-9-7-18(4)8-10-19/h5-6,17H,7-12H2,1-4H3. The third-order valence-corrected chi connectivity index (χ3v) is 3.74. The lowest BCUT2D eigenvalue weighted by atomic mass is 10.1. The lowest BCUT2D eigenvalue weighted by Crippen LogP contribution is -2.48. The number of hydrogen-bond donors (Lipinski definition) is 1. The van der Waals surface area contributed by atoms with E-state index in [9.17, 15) is 4.79 Å². The summed E-state index contributed by atoms with van der Waals surface area (Å²) in [5.41, 5.74) is 0.0399. The van der Waals surface area contributed by atoms with Crippen molar-refractivity contribution in [3.05, 3.63) is 18.2 Å². The van der Waals surface area contributed by atoms with Crippen molar-refractivity contribution in [3.8, 4) is 0 Å². The molecule has 1 amide bonds. The molecule has 2 heterocycles. The number of hydrogen-bond acceptors (Lipinski definition) is 4. The molecule has 1 aromatic rings. The van der Waals surface area contributed by atoms with Gasteiger partial charge in [-0.3, -0.25) is 4.79 Å². The minimum Gasteiger partial charge on any atom is -0.339 e. The fourth-order valence-electron chi connectivity index (χ4n) is 2.30. The number of carbonyl (C=O) groups is 1. The van der Waals surface area contributed by atoms with Crippen molar-refractivity contribution >= 4 is 5.91 Å². The molecule has 0 spiro atoms. The van der Waals surface area contributed by atoms with E-state index < -0.39 is 0 Å². The van der Waals surface area contributed by atoms with E-state index in [1.807, 2.05) is 15.7 Å². The Kier molecular flexibility index (Phi) is 5.00. The van der Waals surface area contributed by atoms with Crippen molar-refractivity contribution in [2.75, 3.05) is 33.2 Å². The molecule has 6 heteroatoms. The lowest BCUT2D eigenvalue weighted by molar-refractivity contribution is -0.133. The molecule has 0 atom stereocenters. The largest absolute Gasteiger partial charge is 0.339 e. The molecule has 1 N–H and O–H groups in total. The molecule has 1 aliphatic rings. The van der Waals surface area contributed by atoms with Gasteiger partial charge >= 0.3 is 0 Å². The first-order valence-electron chi connectivity index (χ1n) is 7.56. The summed E-state index contributed by atoms with van der Waals surface area (Å²) in [6.45, 7) is 11.0. The molecule has 1 fully saturated rings. The molecule has 1 aromatic heterocycles. The second-order valence-electron chi connectivity index (χ2n) is 6.76. The number of likely N-dealkylation sites (N-methyl/N-ethyl adjacent to an activating group) is 1. The highest BCUT2D eigenvalue weighted by molar-refractivity contribution is 5.76. The van der Waals surface area contributed by atoms with Crippen molar-refractivity contribution < 1.29 is 4.79 Å². The van der Waals surface area contributed by atoms with Crippen molar-refractivity contribution in [2.24, 2.45) is 0 Å². The van der Waals surface area contributed by atoms with E-state index >= 15 is 0 Å². The van der Waals surface area contributed by atoms with Crippen LogP contribution in [0.15, 0.2) is 12.4 Å². The molecule has 2 rings (SSSR count). The number of amides is 1. The van der Waals surface area contributed by atoms with E-state index in [1.165, 1.54) is 0 Å². The average Bonchev–Trinajstić information content (AvgIpc) is 2.83. The van der Waals surface area contributed by atoms with Gasteiger partial charge in [0.2, 0.25) is 5.91 Å². The molecule has 6 nitrogen and oxygen atoms in total. The second-order valence-corrected chi connectivity index (χ2v) is 6.76. The first-order valence-corrected chi connectivity index (χ1v) is 7.56. The Morgan fingerprint density at radius 3 is 2.57 bits per heavy atom. The van der Waals surface area contributed by atoms with Crippen LogP contribution in [0.5, 0.6) is 0 Å². The zero-order chi connectivity index (χ0) is 15.5. The average molecular weight is 293 g/mol. The van der Waals surface area contributed by atoms with E-state index in [0.717, 1.165) is 32.0 Å². The summed E-state index contributed by atoms with van der Waals surface area (Å²) in [6, 6.07) is 0. The molecule has 1 aliphatic heterocycles. The molecule has 1 saturated heterocycles. The third kappa shape index (κ3) is 4.82. The summed E-state index contributed by atoms with van der Waals surface area (Å²) >= 11 is 0. The molecule has 0 saturated carbocycles. The number of nitrogens with one attached hydrogen (secondary N) is 1. The summed E-state index contributed by atoms with van der Waals surface area (Å²) in [5.74, 6) is 1.09. The number of imidazole rings is 1. The molecule has 0 radical (unpaired) electrons. The van der Waals surface area contributed by atoms with E-state index in [1.54, 1.807) is 6.20 Å². The second kappa shape index (κ2) is 6.58. The smallest absolute Gasteiger partial charge is 0.242 e. The molecular weight excluding hydrogens is 266 g/mol. The lowest BCUT2D eigenvalue weighted by Gasteiger charge is -2.32. The normalized spacial score (nSPS) is 17.2. The Labute approximate surface area is 127 Å². The third-order valence-electron chi connectivity index (χ3n) is 3.74. The van der Waals surface area contributed by atoms with Gasteiger partial charge in [0.15, 0.2) is 0 Å². The maximum Gasteiger partial charge on any atom is 0.242 e. The molecule has 0 bridgehead atoms. The monoisotopic (exact) mass is 293 g/mol. The highest BCUT2D eigenvalue weighted by atomic mass is 16.2. The first-order chi connectivity index (χ1) is 9.85. The van der Waals surface area contributed by atoms with Crippen LogP contribution in [0.3, 0.4) is 0 Å². The van der Waals surface area contributed by atoms with Gasteiger partial charge in [-0.1, -0.05) is 0 Å². The predicted molar refractivity (Wildman–Crippen MR) is 82.9 cm³/mol. The molecule has 0 aromatic carbocycles. The highest BCUT2D eigenvalue weighted by Gasteiger charge is 2.20. The Morgan fingerprint density at radius 2 is 1.95 bits per heavy atom. The Bertz CT molecular complexity index is 469. The van der Waals surface area contributed by atoms with Crippen molar-refractivity contribution in [3.63, 3.8) is 0 Å². The van der Waals surface area contributed by atoms with E-state index in [0.29, 0.717) is 13.1 Å². The van der Waals surface area contributed by atoms with Crippen LogP contribution in [-0.2, 0) is 17.9 Å². The van der Waals surface area contributed by atoms with Gasteiger partial charge in [0.25, 0.3) is 0 Å². The maximum absolute atomic E-state index is 12.4. The Morgan fingerprint density at radius 1 is 1.29 bits per heavy atom. The molecule has 0 unspecified atom stereocenters. The maximum atomic E-state index is 12.4. The minimum absolute atomic E-state index is 0.0399. The summed E-state index contributed by atoms with van der Waals surface area (Å²) in [4.78, 5) is 20.9. The van der Waals surface area contributed by atoms with Crippen molar-refractivity contribution in [1.29, 1.82) is 0 Å². The van der Waals surface area contributed by atoms with Gasteiger partial charge in [0.05, 0.1) is 6.54 Å². The van der Waals surface area contributed by atoms with Crippen LogP contribution in [0.25, 0.3) is 0 Å². The van der Waals surface area contributed by atoms with Crippen LogP contribution < -0.4 is 5.32 Å². The van der Waals surface area contributed by atoms with Crippen LogP contribution in [0.4, 0.5) is 0 Å². The fourth-order valence-corrected chi connectivity index (χ4v) is 2.30. The topological polar surface area (TPSA) is 53.4 Å². The number of carbonyl (C=O) groups excluding carboxylic acids is 1. The van der Waals surface area contributed by atoms with E-state index in [2.05, 4.69) is 43.0 Å². The van der Waals surface area contributed by atoms with Crippen LogP contribution in [0.1, 0.15) is 26.6 Å². The van der Waals surface area contributed by atoms with Crippen molar-refractivity contribution in [1.82, 2.24) is 24.7 Å². The number of rotatable bonds is 4. The summed E-state index contributed by atoms with van der Waals surface area (Å²) in [5, 5.41) is 3.41. The van der Waals surface area contributed by atoms with Gasteiger partial charge < -0.3 is 19.7 Å². The number of piperazine rings is 1. The van der Waals surface area contributed by atoms with Crippen LogP contribution >= 0.6 is 0 Å². The Hall–Kier alpha value is -1.40. The summed E-state index contributed by atoms with van der Waals surface area (Å²) in [7, 11) is 2.09. The SMILES string of the molecule is CN1CCN(C(=O)Cn2ccnc2CNC(C)(C)C)CC1. The van der Waals surface area contributed by atoms with E-state index in [-0.39, 0.29) is 11.4 Å². The highest BCUT2D eigenvalue weighted by Crippen LogP contribution is 2.06. The van der Waals surface area contributed by atoms with Crippen molar-refractivity contribution in [2.45, 2.75) is 39.4 Å². The van der Waals surface area contributed by atoms with Crippen LogP contribution in [-0.4, -0.2) is 64.0 Å². The molecule has 0 aliphatic carbocycles. The first kappa shape index (κ1) is 16.0. The quantitative estimate of drug-likeness (QED) is 0.880. The minimum atomic E-state index is 0.0399. The number of nitrogens with zero attached hydrogens (tertiary/aromatic N) is 4. The molecule has 118 valence electrons. The van der Waals surface area contributed by atoms with Gasteiger partial charge in [0.1, 0.15) is 12.4 Å². The summed E-state index contributed by atoms with van der Waals surface area (Å²) in [6.07, 6.45) is 3.64. The van der Waals surface area contributed by atoms with Gasteiger partial charge in [-0.15, -0.1) is 0 Å². The predicted octanol–water partition coefficient (Wildman–Crippen LogP) is 0.545.